The minimum absolute atomic E-state index is 0.0641. The molecule has 7 nitrogen and oxygen atoms in total. The fraction of sp³-hybridized carbons (Fsp3) is 0.222. The second kappa shape index (κ2) is 9.62. The predicted octanol–water partition coefficient (Wildman–Crippen LogP) is 1.92. The van der Waals surface area contributed by atoms with E-state index in [1.54, 1.807) is 37.4 Å². The summed E-state index contributed by atoms with van der Waals surface area (Å²) in [6.07, 6.45) is 0.706. The van der Waals surface area contributed by atoms with E-state index in [1.165, 1.54) is 6.07 Å². The maximum atomic E-state index is 13.2. The third kappa shape index (κ3) is 5.48. The van der Waals surface area contributed by atoms with Gasteiger partial charge in [0.05, 0.1) is 16.8 Å². The van der Waals surface area contributed by atoms with Gasteiger partial charge in [-0.3, -0.25) is 0 Å². The molecule has 0 radical (unpaired) electrons. The van der Waals surface area contributed by atoms with Gasteiger partial charge in [-0.15, -0.1) is 0 Å². The first-order valence-corrected chi connectivity index (χ1v) is 8.35. The van der Waals surface area contributed by atoms with Gasteiger partial charge < -0.3 is 20.7 Å². The molecule has 2 amide bonds. The van der Waals surface area contributed by atoms with Crippen molar-refractivity contribution in [1.82, 2.24) is 20.9 Å². The number of amides is 2. The lowest BCUT2D eigenvalue weighted by atomic mass is 10.0. The normalized spacial score (nSPS) is 16.2. The van der Waals surface area contributed by atoms with Gasteiger partial charge in [0.2, 0.25) is 0 Å². The number of carbonyl (C=O) groups excluding carboxylic acids is 2. The molecule has 140 valence electrons. The summed E-state index contributed by atoms with van der Waals surface area (Å²) in [6, 6.07) is 10.9. The number of rotatable bonds is 4. The van der Waals surface area contributed by atoms with Gasteiger partial charge in [-0.25, -0.2) is 14.2 Å². The summed E-state index contributed by atoms with van der Waals surface area (Å²) < 4.78 is 13.2. The van der Waals surface area contributed by atoms with E-state index < -0.39 is 5.82 Å². The summed E-state index contributed by atoms with van der Waals surface area (Å²) in [7, 11) is 1.77. The first kappa shape index (κ1) is 20.3. The highest BCUT2D eigenvalue weighted by Crippen LogP contribution is 2.24. The van der Waals surface area contributed by atoms with Crippen LogP contribution in [0.15, 0.2) is 36.4 Å². The number of carbonyl (C=O) groups is 2. The van der Waals surface area contributed by atoms with Crippen LogP contribution in [-0.2, 0) is 4.79 Å². The molecule has 1 fully saturated rings. The number of pyridine rings is 1. The lowest BCUT2D eigenvalue weighted by molar-refractivity contribution is -0.108. The smallest absolute Gasteiger partial charge is 0.315 e. The van der Waals surface area contributed by atoms with Crippen molar-refractivity contribution in [2.24, 2.45) is 0 Å². The number of nitrogens with one attached hydrogen (secondary N) is 3. The van der Waals surface area contributed by atoms with Crippen LogP contribution in [0.1, 0.15) is 23.0 Å². The van der Waals surface area contributed by atoms with Gasteiger partial charge in [0.1, 0.15) is 29.9 Å². The molecule has 0 saturated carbocycles. The molecule has 1 aromatic heterocycles. The number of benzene rings is 1. The van der Waals surface area contributed by atoms with E-state index >= 15 is 0 Å². The summed E-state index contributed by atoms with van der Waals surface area (Å²) in [4.78, 5) is 24.4. The van der Waals surface area contributed by atoms with Crippen molar-refractivity contribution < 1.29 is 14.0 Å². The molecule has 9 heteroatoms. The quantitative estimate of drug-likeness (QED) is 0.692. The molecule has 0 bridgehead atoms. The van der Waals surface area contributed by atoms with Crippen LogP contribution in [0.2, 0.25) is 5.02 Å². The lowest BCUT2D eigenvalue weighted by Crippen LogP contribution is -2.27. The van der Waals surface area contributed by atoms with Crippen molar-refractivity contribution in [3.8, 4) is 6.07 Å². The van der Waals surface area contributed by atoms with Crippen LogP contribution in [0, 0.1) is 17.1 Å². The summed E-state index contributed by atoms with van der Waals surface area (Å²) >= 11 is 5.79. The molecular weight excluding hydrogens is 373 g/mol. The molecule has 0 spiro atoms. The Balaban J connectivity index is 0.000000273. The Kier molecular flexibility index (Phi) is 7.23. The second-order valence-electron chi connectivity index (χ2n) is 5.55. The average Bonchev–Trinajstić information content (AvgIpc) is 3.11. The van der Waals surface area contributed by atoms with Gasteiger partial charge in [0.25, 0.3) is 0 Å². The number of nitriles is 1. The van der Waals surface area contributed by atoms with Gasteiger partial charge in [0.15, 0.2) is 0 Å². The lowest BCUT2D eigenvalue weighted by Gasteiger charge is -2.16. The molecule has 1 aliphatic heterocycles. The van der Waals surface area contributed by atoms with Crippen molar-refractivity contribution in [2.45, 2.75) is 12.1 Å². The fourth-order valence-corrected chi connectivity index (χ4v) is 2.60. The predicted molar refractivity (Wildman–Crippen MR) is 97.7 cm³/mol. The second-order valence-corrected chi connectivity index (χ2v) is 5.96. The molecule has 1 aliphatic rings. The van der Waals surface area contributed by atoms with Crippen LogP contribution < -0.4 is 16.0 Å². The number of aromatic nitrogens is 1. The Morgan fingerprint density at radius 1 is 1.44 bits per heavy atom. The van der Waals surface area contributed by atoms with Crippen LogP contribution in [0.4, 0.5) is 9.18 Å². The van der Waals surface area contributed by atoms with Crippen LogP contribution in [-0.4, -0.2) is 36.9 Å². The molecule has 0 aliphatic carbocycles. The Bertz CT molecular complexity index is 871. The summed E-state index contributed by atoms with van der Waals surface area (Å²) in [5.74, 6) is -0.459. The standard InChI is InChI=1S/C14H11ClFN3.C4H6N2O2/c1-18-14(9-5-6-12(16)11(15)7-9)13-4-2-3-10(8-17)19-13;7-2-3-1-5-4(8)6-3/h2-7,14,18H,1H3;2-3H,1H2,(H2,5,6,8). The van der Waals surface area contributed by atoms with E-state index in [-0.39, 0.29) is 23.1 Å². The Hall–Kier alpha value is -3.02. The van der Waals surface area contributed by atoms with Crippen molar-refractivity contribution in [3.63, 3.8) is 0 Å². The minimum atomic E-state index is -0.459. The first-order chi connectivity index (χ1) is 13.0. The van der Waals surface area contributed by atoms with Crippen molar-refractivity contribution >= 4 is 23.9 Å². The largest absolute Gasteiger partial charge is 0.336 e. The summed E-state index contributed by atoms with van der Waals surface area (Å²) in [6.45, 7) is 0.419. The number of nitrogens with zero attached hydrogens (tertiary/aromatic N) is 2. The molecule has 2 heterocycles. The SMILES string of the molecule is CNC(c1ccc(F)c(Cl)c1)c1cccc(C#N)n1.O=CC1CNC(=O)N1. The highest BCUT2D eigenvalue weighted by Gasteiger charge is 2.17. The van der Waals surface area contributed by atoms with Gasteiger partial charge in [-0.05, 0) is 36.9 Å². The van der Waals surface area contributed by atoms with E-state index in [2.05, 4.69) is 20.9 Å². The van der Waals surface area contributed by atoms with E-state index in [0.29, 0.717) is 24.2 Å². The van der Waals surface area contributed by atoms with E-state index in [1.807, 2.05) is 6.07 Å². The number of urea groups is 1. The molecule has 2 aromatic rings. The van der Waals surface area contributed by atoms with E-state index in [9.17, 15) is 14.0 Å². The van der Waals surface area contributed by atoms with Crippen molar-refractivity contribution in [1.29, 1.82) is 5.26 Å². The number of halogens is 2. The molecular formula is C18H17ClFN5O2. The third-order valence-electron chi connectivity index (χ3n) is 3.71. The monoisotopic (exact) mass is 389 g/mol. The highest BCUT2D eigenvalue weighted by atomic mass is 35.5. The van der Waals surface area contributed by atoms with Gasteiger partial charge in [0, 0.05) is 6.54 Å². The fourth-order valence-electron chi connectivity index (χ4n) is 2.41. The minimum Gasteiger partial charge on any atom is -0.336 e. The number of aldehydes is 1. The zero-order valence-electron chi connectivity index (χ0n) is 14.4. The van der Waals surface area contributed by atoms with E-state index in [0.717, 1.165) is 5.56 Å². The molecule has 1 saturated heterocycles. The zero-order valence-corrected chi connectivity index (χ0v) is 15.1. The molecule has 2 unspecified atom stereocenters. The van der Waals surface area contributed by atoms with Crippen LogP contribution >= 0.6 is 11.6 Å². The number of hydrogen-bond acceptors (Lipinski definition) is 5. The topological polar surface area (TPSA) is 107 Å². The zero-order chi connectivity index (χ0) is 19.8. The van der Waals surface area contributed by atoms with Crippen LogP contribution in [0.5, 0.6) is 0 Å². The molecule has 2 atom stereocenters. The molecule has 1 aromatic carbocycles. The van der Waals surface area contributed by atoms with Crippen molar-refractivity contribution in [2.75, 3.05) is 13.6 Å². The van der Waals surface area contributed by atoms with Gasteiger partial charge >= 0.3 is 6.03 Å². The summed E-state index contributed by atoms with van der Waals surface area (Å²) in [5, 5.41) is 16.8. The maximum absolute atomic E-state index is 13.2. The maximum Gasteiger partial charge on any atom is 0.315 e. The molecule has 3 N–H and O–H groups in total. The van der Waals surface area contributed by atoms with Crippen LogP contribution in [0.25, 0.3) is 0 Å². The highest BCUT2D eigenvalue weighted by molar-refractivity contribution is 6.30. The Morgan fingerprint density at radius 3 is 2.74 bits per heavy atom. The molecule has 27 heavy (non-hydrogen) atoms. The Morgan fingerprint density at radius 2 is 2.22 bits per heavy atom. The average molecular weight is 390 g/mol. The molecule has 3 rings (SSSR count). The van der Waals surface area contributed by atoms with Gasteiger partial charge in [-0.1, -0.05) is 23.7 Å². The number of hydrogen-bond donors (Lipinski definition) is 3. The van der Waals surface area contributed by atoms with Gasteiger partial charge in [-0.2, -0.15) is 5.26 Å². The summed E-state index contributed by atoms with van der Waals surface area (Å²) in [5.41, 5.74) is 1.81. The third-order valence-corrected chi connectivity index (χ3v) is 4.00. The first-order valence-electron chi connectivity index (χ1n) is 7.97. The van der Waals surface area contributed by atoms with Crippen molar-refractivity contribution in [3.05, 3.63) is 64.2 Å². The van der Waals surface area contributed by atoms with E-state index in [4.69, 9.17) is 16.9 Å². The van der Waals surface area contributed by atoms with Crippen LogP contribution in [0.3, 0.4) is 0 Å². The Labute approximate surface area is 160 Å².